The first-order valence-corrected chi connectivity index (χ1v) is 5.59. The van der Waals surface area contributed by atoms with Crippen molar-refractivity contribution in [1.29, 1.82) is 0 Å². The molecule has 1 rings (SSSR count). The van der Waals surface area contributed by atoms with Gasteiger partial charge in [-0.05, 0) is 0 Å². The predicted octanol–water partition coefficient (Wildman–Crippen LogP) is 1.04. The van der Waals surface area contributed by atoms with Gasteiger partial charge in [0.2, 0.25) is 5.82 Å². The minimum absolute atomic E-state index is 0.153. The largest absolute Gasteiger partial charge is 0.481 e. The second-order valence-corrected chi connectivity index (χ2v) is 3.91. The molecule has 0 radical (unpaired) electrons. The van der Waals surface area contributed by atoms with E-state index in [0.29, 0.717) is 0 Å². The molecule has 6 nitrogen and oxygen atoms in total. The van der Waals surface area contributed by atoms with E-state index in [4.69, 9.17) is 9.84 Å². The van der Waals surface area contributed by atoms with Crippen molar-refractivity contribution in [3.05, 3.63) is 5.82 Å². The third-order valence-electron chi connectivity index (χ3n) is 1.78. The summed E-state index contributed by atoms with van der Waals surface area (Å²) in [5.41, 5.74) is 0. The molecule has 0 aromatic carbocycles. The molecule has 0 aliphatic heterocycles. The molecule has 9 heteroatoms. The molecule has 1 aromatic heterocycles. The van der Waals surface area contributed by atoms with E-state index in [-0.39, 0.29) is 24.1 Å². The number of nitrogens with zero attached hydrogens (tertiary/aromatic N) is 3. The zero-order valence-corrected chi connectivity index (χ0v) is 9.78. The van der Waals surface area contributed by atoms with Crippen molar-refractivity contribution < 1.29 is 23.4 Å². The van der Waals surface area contributed by atoms with Gasteiger partial charge in [-0.15, -0.1) is 10.2 Å². The summed E-state index contributed by atoms with van der Waals surface area (Å²) in [5, 5.41) is 15.5. The van der Waals surface area contributed by atoms with E-state index in [1.165, 1.54) is 11.7 Å². The minimum Gasteiger partial charge on any atom is -0.481 e. The van der Waals surface area contributed by atoms with Crippen LogP contribution < -0.4 is 0 Å². The fourth-order valence-corrected chi connectivity index (χ4v) is 1.78. The summed E-state index contributed by atoms with van der Waals surface area (Å²) in [7, 11) is 1.44. The molecular formula is C8H11F2N3O3S. The Morgan fingerprint density at radius 2 is 2.29 bits per heavy atom. The zero-order chi connectivity index (χ0) is 12.8. The van der Waals surface area contributed by atoms with Crippen molar-refractivity contribution in [2.75, 3.05) is 19.5 Å². The highest BCUT2D eigenvalue weighted by Crippen LogP contribution is 2.23. The Bertz CT molecular complexity index is 386. The second-order valence-electron chi connectivity index (χ2n) is 2.97. The minimum atomic E-state index is -2.75. The number of aliphatic carboxylic acids is 1. The van der Waals surface area contributed by atoms with Crippen molar-refractivity contribution in [3.8, 4) is 0 Å². The first-order valence-electron chi connectivity index (χ1n) is 4.61. The Balaban J connectivity index is 2.83. The van der Waals surface area contributed by atoms with Crippen LogP contribution in [0.1, 0.15) is 12.2 Å². The average molecular weight is 267 g/mol. The Morgan fingerprint density at radius 3 is 2.82 bits per heavy atom. The van der Waals surface area contributed by atoms with Gasteiger partial charge < -0.3 is 9.84 Å². The molecule has 0 aliphatic rings. The third-order valence-corrected chi connectivity index (χ3v) is 2.74. The van der Waals surface area contributed by atoms with Crippen molar-refractivity contribution in [1.82, 2.24) is 14.8 Å². The van der Waals surface area contributed by atoms with E-state index in [1.54, 1.807) is 0 Å². The molecule has 0 saturated carbocycles. The Labute approximate surface area is 100.0 Å². The SMILES string of the molecule is COCCn1c(SCC(=O)O)nnc1C(F)F. The smallest absolute Gasteiger partial charge is 0.313 e. The lowest BCUT2D eigenvalue weighted by atomic mass is 10.5. The van der Waals surface area contributed by atoms with Gasteiger partial charge in [0.1, 0.15) is 0 Å². The summed E-state index contributed by atoms with van der Waals surface area (Å²) in [6, 6.07) is 0. The van der Waals surface area contributed by atoms with Gasteiger partial charge in [-0.2, -0.15) is 0 Å². The fourth-order valence-electron chi connectivity index (χ4n) is 1.09. The first-order chi connectivity index (χ1) is 8.06. The maximum absolute atomic E-state index is 12.6. The summed E-state index contributed by atoms with van der Waals surface area (Å²) in [5.74, 6) is -1.78. The Kier molecular flexibility index (Phi) is 5.29. The lowest BCUT2D eigenvalue weighted by molar-refractivity contribution is -0.133. The molecule has 17 heavy (non-hydrogen) atoms. The van der Waals surface area contributed by atoms with E-state index >= 15 is 0 Å². The van der Waals surface area contributed by atoms with Gasteiger partial charge in [0.15, 0.2) is 5.16 Å². The van der Waals surface area contributed by atoms with Crippen LogP contribution in [-0.2, 0) is 16.1 Å². The van der Waals surface area contributed by atoms with Crippen LogP contribution in [-0.4, -0.2) is 45.3 Å². The summed E-state index contributed by atoms with van der Waals surface area (Å²) in [6.07, 6.45) is -2.75. The highest BCUT2D eigenvalue weighted by molar-refractivity contribution is 7.99. The lowest BCUT2D eigenvalue weighted by Gasteiger charge is -2.07. The van der Waals surface area contributed by atoms with Crippen LogP contribution in [0.4, 0.5) is 8.78 Å². The Morgan fingerprint density at radius 1 is 1.59 bits per heavy atom. The Hall–Kier alpha value is -1.22. The number of alkyl halides is 2. The van der Waals surface area contributed by atoms with Crippen LogP contribution in [0.15, 0.2) is 5.16 Å². The summed E-state index contributed by atoms with van der Waals surface area (Å²) < 4.78 is 31.1. The van der Waals surface area contributed by atoms with E-state index in [0.717, 1.165) is 11.8 Å². The molecule has 0 aliphatic carbocycles. The van der Waals surface area contributed by atoms with Crippen LogP contribution in [0.25, 0.3) is 0 Å². The molecular weight excluding hydrogens is 256 g/mol. The molecule has 1 aromatic rings. The van der Waals surface area contributed by atoms with Gasteiger partial charge in [-0.25, -0.2) is 8.78 Å². The molecule has 96 valence electrons. The fraction of sp³-hybridized carbons (Fsp3) is 0.625. The van der Waals surface area contributed by atoms with Gasteiger partial charge >= 0.3 is 5.97 Å². The number of thioether (sulfide) groups is 1. The molecule has 0 unspecified atom stereocenters. The molecule has 1 N–H and O–H groups in total. The monoisotopic (exact) mass is 267 g/mol. The van der Waals surface area contributed by atoms with E-state index < -0.39 is 18.2 Å². The van der Waals surface area contributed by atoms with Crippen LogP contribution in [0.3, 0.4) is 0 Å². The number of hydrogen-bond donors (Lipinski definition) is 1. The lowest BCUT2D eigenvalue weighted by Crippen LogP contribution is -2.11. The second kappa shape index (κ2) is 6.50. The van der Waals surface area contributed by atoms with Crippen molar-refractivity contribution in [3.63, 3.8) is 0 Å². The van der Waals surface area contributed by atoms with Crippen molar-refractivity contribution in [2.45, 2.75) is 18.1 Å². The topological polar surface area (TPSA) is 77.2 Å². The number of halogens is 2. The standard InChI is InChI=1S/C8H11F2N3O3S/c1-16-3-2-13-7(6(9)10)11-12-8(13)17-4-5(14)15/h6H,2-4H2,1H3,(H,14,15). The van der Waals surface area contributed by atoms with Crippen LogP contribution in [0.2, 0.25) is 0 Å². The van der Waals surface area contributed by atoms with Crippen LogP contribution >= 0.6 is 11.8 Å². The predicted molar refractivity (Wildman–Crippen MR) is 55.2 cm³/mol. The first kappa shape index (κ1) is 13.8. The van der Waals surface area contributed by atoms with E-state index in [1.807, 2.05) is 0 Å². The average Bonchev–Trinajstić information content (AvgIpc) is 2.66. The molecule has 0 amide bonds. The highest BCUT2D eigenvalue weighted by atomic mass is 32.2. The maximum atomic E-state index is 12.6. The van der Waals surface area contributed by atoms with Gasteiger partial charge in [0.25, 0.3) is 6.43 Å². The van der Waals surface area contributed by atoms with Gasteiger partial charge in [-0.3, -0.25) is 9.36 Å². The number of methoxy groups -OCH3 is 1. The highest BCUT2D eigenvalue weighted by Gasteiger charge is 2.20. The van der Waals surface area contributed by atoms with E-state index in [9.17, 15) is 13.6 Å². The normalized spacial score (nSPS) is 11.1. The van der Waals surface area contributed by atoms with E-state index in [2.05, 4.69) is 10.2 Å². The molecule has 0 spiro atoms. The van der Waals surface area contributed by atoms with Crippen LogP contribution in [0, 0.1) is 0 Å². The molecule has 0 bridgehead atoms. The number of ether oxygens (including phenoxy) is 1. The number of rotatable bonds is 7. The number of carboxylic acid groups (broad SMARTS) is 1. The summed E-state index contributed by atoms with van der Waals surface area (Å²) >= 11 is 0.845. The number of carboxylic acids is 1. The summed E-state index contributed by atoms with van der Waals surface area (Å²) in [4.78, 5) is 10.4. The van der Waals surface area contributed by atoms with Crippen molar-refractivity contribution in [2.24, 2.45) is 0 Å². The van der Waals surface area contributed by atoms with Gasteiger partial charge in [0, 0.05) is 13.7 Å². The maximum Gasteiger partial charge on any atom is 0.313 e. The number of hydrogen-bond acceptors (Lipinski definition) is 5. The van der Waals surface area contributed by atoms with Crippen LogP contribution in [0.5, 0.6) is 0 Å². The molecule has 1 heterocycles. The quantitative estimate of drug-likeness (QED) is 0.744. The number of aromatic nitrogens is 3. The number of carbonyl (C=O) groups is 1. The summed E-state index contributed by atoms with van der Waals surface area (Å²) in [6.45, 7) is 0.378. The zero-order valence-electron chi connectivity index (χ0n) is 8.97. The van der Waals surface area contributed by atoms with Crippen molar-refractivity contribution >= 4 is 17.7 Å². The third kappa shape index (κ3) is 3.93. The molecule has 0 fully saturated rings. The molecule has 0 saturated heterocycles. The molecule has 0 atom stereocenters. The van der Waals surface area contributed by atoms with Gasteiger partial charge in [-0.1, -0.05) is 11.8 Å². The van der Waals surface area contributed by atoms with Gasteiger partial charge in [0.05, 0.1) is 12.4 Å².